The van der Waals surface area contributed by atoms with Gasteiger partial charge in [0, 0.05) is 15.1 Å². The second-order valence-electron chi connectivity index (χ2n) is 8.01. The first-order chi connectivity index (χ1) is 16.5. The van der Waals surface area contributed by atoms with Crippen molar-refractivity contribution in [2.75, 3.05) is 6.61 Å². The number of halogens is 3. The number of aliphatic hydroxyl groups excluding tert-OH is 1. The van der Waals surface area contributed by atoms with Crippen LogP contribution in [0.3, 0.4) is 0 Å². The summed E-state index contributed by atoms with van der Waals surface area (Å²) in [6.45, 7) is 1.59. The van der Waals surface area contributed by atoms with Crippen LogP contribution >= 0.6 is 46.6 Å². The van der Waals surface area contributed by atoms with E-state index in [1.165, 1.54) is 11.8 Å². The monoisotopic (exact) mass is 538 g/mol. The molecule has 0 amide bonds. The summed E-state index contributed by atoms with van der Waals surface area (Å²) in [6, 6.07) is 22.5. The number of aliphatic hydroxyl groups is 1. The molecule has 3 aromatic carbocycles. The molecule has 0 saturated carbocycles. The molecule has 180 valence electrons. The summed E-state index contributed by atoms with van der Waals surface area (Å²) in [7, 11) is 0. The normalized spacial score (nSPS) is 22.2. The lowest BCUT2D eigenvalue weighted by molar-refractivity contribution is -0.107. The molecule has 4 rings (SSSR count). The Morgan fingerprint density at radius 1 is 0.618 bits per heavy atom. The first kappa shape index (κ1) is 25.8. The molecule has 1 N–H and O–H groups in total. The van der Waals surface area contributed by atoms with Crippen LogP contribution in [0.1, 0.15) is 16.7 Å². The third-order valence-electron chi connectivity index (χ3n) is 5.46. The summed E-state index contributed by atoms with van der Waals surface area (Å²) < 4.78 is 18.4. The van der Waals surface area contributed by atoms with Gasteiger partial charge in [0.05, 0.1) is 31.7 Å². The highest BCUT2D eigenvalue weighted by molar-refractivity contribution is 8.00. The quantitative estimate of drug-likeness (QED) is 0.308. The Kier molecular flexibility index (Phi) is 9.57. The Hall–Kier alpha value is -1.28. The molecular formula is C26H25Cl3O4S. The third kappa shape index (κ3) is 7.36. The Balaban J connectivity index is 1.40. The van der Waals surface area contributed by atoms with Crippen molar-refractivity contribution in [3.05, 3.63) is 105 Å². The van der Waals surface area contributed by atoms with Crippen LogP contribution in [0, 0.1) is 0 Å². The maximum Gasteiger partial charge on any atom is 0.128 e. The molecule has 0 radical (unpaired) electrons. The van der Waals surface area contributed by atoms with E-state index in [-0.39, 0.29) is 11.4 Å². The number of rotatable bonds is 10. The molecule has 4 atom stereocenters. The van der Waals surface area contributed by atoms with Crippen LogP contribution in [-0.2, 0) is 34.0 Å². The minimum Gasteiger partial charge on any atom is -0.380 e. The molecule has 1 heterocycles. The van der Waals surface area contributed by atoms with Crippen molar-refractivity contribution in [2.24, 2.45) is 0 Å². The predicted octanol–water partition coefficient (Wildman–Crippen LogP) is 6.77. The second kappa shape index (κ2) is 12.6. The van der Waals surface area contributed by atoms with Crippen LogP contribution in [0.15, 0.2) is 72.8 Å². The molecule has 0 aromatic heterocycles. The maximum absolute atomic E-state index is 10.8. The Morgan fingerprint density at radius 2 is 1.03 bits per heavy atom. The molecule has 1 aliphatic rings. The minimum absolute atomic E-state index is 0.0928. The number of hydrogen-bond acceptors (Lipinski definition) is 5. The van der Waals surface area contributed by atoms with Crippen molar-refractivity contribution < 1.29 is 19.3 Å². The van der Waals surface area contributed by atoms with Crippen LogP contribution in [0.2, 0.25) is 15.1 Å². The SMILES string of the molecule is OC1S[C@H](COCc2ccc(Cl)cc2)[C@@H](OCc2ccc(Cl)cc2)[C@@H]1OCc1ccc(Cl)cc1. The number of ether oxygens (including phenoxy) is 3. The molecule has 0 aliphatic carbocycles. The van der Waals surface area contributed by atoms with Gasteiger partial charge in [0.1, 0.15) is 17.6 Å². The highest BCUT2D eigenvalue weighted by Gasteiger charge is 2.45. The fourth-order valence-electron chi connectivity index (χ4n) is 3.64. The zero-order valence-corrected chi connectivity index (χ0v) is 21.4. The Morgan fingerprint density at radius 3 is 1.50 bits per heavy atom. The second-order valence-corrected chi connectivity index (χ2v) is 10.7. The van der Waals surface area contributed by atoms with Crippen LogP contribution in [0.5, 0.6) is 0 Å². The molecule has 0 bridgehead atoms. The highest BCUT2D eigenvalue weighted by atomic mass is 35.5. The van der Waals surface area contributed by atoms with Crippen LogP contribution < -0.4 is 0 Å². The standard InChI is InChI=1S/C26H25Cl3O4S/c27-20-7-1-17(2-8-20)13-31-16-23-24(32-14-18-3-9-21(28)10-4-18)25(26(30)34-23)33-15-19-5-11-22(29)12-6-19/h1-12,23-26,30H,13-16H2/t23-,24-,25+,26?/m1/s1. The van der Waals surface area contributed by atoms with Crippen molar-refractivity contribution in [2.45, 2.75) is 42.7 Å². The van der Waals surface area contributed by atoms with Gasteiger partial charge in [-0.25, -0.2) is 0 Å². The van der Waals surface area contributed by atoms with E-state index >= 15 is 0 Å². The number of hydrogen-bond donors (Lipinski definition) is 1. The van der Waals surface area contributed by atoms with Crippen LogP contribution in [0.4, 0.5) is 0 Å². The molecule has 1 aliphatic heterocycles. The molecule has 0 spiro atoms. The molecule has 4 nitrogen and oxygen atoms in total. The van der Waals surface area contributed by atoms with Gasteiger partial charge in [0.2, 0.25) is 0 Å². The summed E-state index contributed by atoms with van der Waals surface area (Å²) in [4.78, 5) is 0. The van der Waals surface area contributed by atoms with E-state index in [4.69, 9.17) is 49.0 Å². The Labute approximate surface area is 219 Å². The van der Waals surface area contributed by atoms with E-state index in [1.807, 2.05) is 72.8 Å². The van der Waals surface area contributed by atoms with Crippen LogP contribution in [-0.4, -0.2) is 34.6 Å². The molecule has 1 fully saturated rings. The molecule has 8 heteroatoms. The molecule has 3 aromatic rings. The molecule has 34 heavy (non-hydrogen) atoms. The lowest BCUT2D eigenvalue weighted by Gasteiger charge is -2.25. The summed E-state index contributed by atoms with van der Waals surface area (Å²) in [5.74, 6) is 0. The highest BCUT2D eigenvalue weighted by Crippen LogP contribution is 2.38. The fraction of sp³-hybridized carbons (Fsp3) is 0.308. The van der Waals surface area contributed by atoms with E-state index in [1.54, 1.807) is 0 Å². The van der Waals surface area contributed by atoms with E-state index in [0.717, 1.165) is 16.7 Å². The van der Waals surface area contributed by atoms with Gasteiger partial charge in [-0.3, -0.25) is 0 Å². The fourth-order valence-corrected chi connectivity index (χ4v) is 5.33. The molecule has 1 saturated heterocycles. The van der Waals surface area contributed by atoms with Gasteiger partial charge >= 0.3 is 0 Å². The lowest BCUT2D eigenvalue weighted by atomic mass is 10.1. The Bertz CT molecular complexity index is 1030. The number of thioether (sulfide) groups is 1. The lowest BCUT2D eigenvalue weighted by Crippen LogP contribution is -2.39. The van der Waals surface area contributed by atoms with Crippen molar-refractivity contribution in [1.29, 1.82) is 0 Å². The maximum atomic E-state index is 10.8. The van der Waals surface area contributed by atoms with Crippen molar-refractivity contribution >= 4 is 46.6 Å². The van der Waals surface area contributed by atoms with Gasteiger partial charge < -0.3 is 19.3 Å². The van der Waals surface area contributed by atoms with E-state index in [9.17, 15) is 5.11 Å². The van der Waals surface area contributed by atoms with Crippen molar-refractivity contribution in [3.63, 3.8) is 0 Å². The molecule has 1 unspecified atom stereocenters. The van der Waals surface area contributed by atoms with Crippen molar-refractivity contribution in [1.82, 2.24) is 0 Å². The zero-order chi connectivity index (χ0) is 23.9. The van der Waals surface area contributed by atoms with Gasteiger partial charge in [0.15, 0.2) is 0 Å². The first-order valence-electron chi connectivity index (χ1n) is 10.9. The minimum atomic E-state index is -0.730. The summed E-state index contributed by atoms with van der Waals surface area (Å²) >= 11 is 19.4. The smallest absolute Gasteiger partial charge is 0.128 e. The zero-order valence-electron chi connectivity index (χ0n) is 18.3. The van der Waals surface area contributed by atoms with E-state index in [2.05, 4.69) is 0 Å². The third-order valence-corrected chi connectivity index (χ3v) is 7.52. The largest absolute Gasteiger partial charge is 0.380 e. The summed E-state index contributed by atoms with van der Waals surface area (Å²) in [5.41, 5.74) is 2.27. The van der Waals surface area contributed by atoms with Gasteiger partial charge in [0.25, 0.3) is 0 Å². The summed E-state index contributed by atoms with van der Waals surface area (Å²) in [6.07, 6.45) is -0.856. The number of benzene rings is 3. The molecular weight excluding hydrogens is 515 g/mol. The average molecular weight is 540 g/mol. The van der Waals surface area contributed by atoms with Gasteiger partial charge in [-0.15, -0.1) is 11.8 Å². The van der Waals surface area contributed by atoms with Gasteiger partial charge in [-0.2, -0.15) is 0 Å². The topological polar surface area (TPSA) is 47.9 Å². The van der Waals surface area contributed by atoms with E-state index in [0.29, 0.717) is 41.5 Å². The predicted molar refractivity (Wildman–Crippen MR) is 139 cm³/mol. The van der Waals surface area contributed by atoms with Crippen molar-refractivity contribution in [3.8, 4) is 0 Å². The van der Waals surface area contributed by atoms with E-state index < -0.39 is 11.5 Å². The summed E-state index contributed by atoms with van der Waals surface area (Å²) in [5, 5.41) is 12.7. The average Bonchev–Trinajstić information content (AvgIpc) is 3.13. The van der Waals surface area contributed by atoms with Gasteiger partial charge in [-0.05, 0) is 53.1 Å². The van der Waals surface area contributed by atoms with Gasteiger partial charge in [-0.1, -0.05) is 71.2 Å². The van der Waals surface area contributed by atoms with Crippen LogP contribution in [0.25, 0.3) is 0 Å². The first-order valence-corrected chi connectivity index (χ1v) is 12.9.